The van der Waals surface area contributed by atoms with Crippen LogP contribution in [0.1, 0.15) is 31.7 Å². The average molecular weight is 408 g/mol. The molecule has 0 aliphatic carbocycles. The molecular weight excluding hydrogens is 382 g/mol. The average Bonchev–Trinajstić information content (AvgIpc) is 3.16. The first-order chi connectivity index (χ1) is 14.2. The molecule has 1 aromatic carbocycles. The number of pyridine rings is 1. The summed E-state index contributed by atoms with van der Waals surface area (Å²) in [6.07, 6.45) is 6.93. The van der Waals surface area contributed by atoms with Gasteiger partial charge < -0.3 is 4.90 Å². The van der Waals surface area contributed by atoms with Crippen molar-refractivity contribution in [1.82, 2.24) is 24.6 Å². The minimum absolute atomic E-state index is 0.180. The van der Waals surface area contributed by atoms with Crippen LogP contribution in [0.15, 0.2) is 60.0 Å². The Morgan fingerprint density at radius 1 is 1.14 bits per heavy atom. The molecule has 1 aliphatic heterocycles. The van der Waals surface area contributed by atoms with E-state index in [0.29, 0.717) is 18.3 Å². The molecule has 29 heavy (non-hydrogen) atoms. The van der Waals surface area contributed by atoms with Crippen molar-refractivity contribution in [3.8, 4) is 11.4 Å². The first-order valence-electron chi connectivity index (χ1n) is 10.0. The molecule has 1 unspecified atom stereocenters. The van der Waals surface area contributed by atoms with Crippen LogP contribution >= 0.6 is 11.8 Å². The number of carbonyl (C=O) groups excluding carboxylic acids is 1. The third-order valence-corrected chi connectivity index (χ3v) is 6.22. The number of nitrogens with zero attached hydrogens (tertiary/aromatic N) is 5. The quantitative estimate of drug-likeness (QED) is 0.580. The van der Waals surface area contributed by atoms with E-state index in [9.17, 15) is 4.79 Å². The molecule has 2 aromatic heterocycles. The molecule has 6 nitrogen and oxygen atoms in total. The predicted molar refractivity (Wildman–Crippen MR) is 115 cm³/mol. The van der Waals surface area contributed by atoms with E-state index < -0.39 is 0 Å². The Hall–Kier alpha value is -2.67. The molecular formula is C22H25N5OS. The van der Waals surface area contributed by atoms with Gasteiger partial charge in [-0.1, -0.05) is 42.1 Å². The normalized spacial score (nSPS) is 16.7. The van der Waals surface area contributed by atoms with E-state index in [-0.39, 0.29) is 5.91 Å². The second-order valence-corrected chi connectivity index (χ2v) is 8.28. The van der Waals surface area contributed by atoms with E-state index in [2.05, 4.69) is 38.8 Å². The van der Waals surface area contributed by atoms with Crippen molar-refractivity contribution in [2.75, 3.05) is 12.3 Å². The lowest BCUT2D eigenvalue weighted by Crippen LogP contribution is -2.43. The Kier molecular flexibility index (Phi) is 6.24. The number of hydrogen-bond acceptors (Lipinski definition) is 5. The lowest BCUT2D eigenvalue weighted by molar-refractivity contribution is -0.131. The maximum absolute atomic E-state index is 12.8. The number of benzene rings is 1. The van der Waals surface area contributed by atoms with Crippen molar-refractivity contribution >= 4 is 17.7 Å². The number of amides is 1. The number of piperidine rings is 1. The molecule has 0 N–H and O–H groups in total. The topological polar surface area (TPSA) is 63.9 Å². The standard InChI is InChI=1S/C22H25N5OS/c1-17-8-5-6-13-26(17)20(28)16-29-22-25-24-21(19-11-7-12-23-14-19)27(22)15-18-9-3-2-4-10-18/h2-4,7,9-12,14,17H,5-6,8,13,15-16H2,1H3. The van der Waals surface area contributed by atoms with Gasteiger partial charge in [0.25, 0.3) is 0 Å². The Morgan fingerprint density at radius 3 is 2.76 bits per heavy atom. The highest BCUT2D eigenvalue weighted by Crippen LogP contribution is 2.26. The number of aromatic nitrogens is 4. The second-order valence-electron chi connectivity index (χ2n) is 7.34. The lowest BCUT2D eigenvalue weighted by atomic mass is 10.0. The summed E-state index contributed by atoms with van der Waals surface area (Å²) in [6.45, 7) is 3.65. The molecule has 150 valence electrons. The predicted octanol–water partition coefficient (Wildman–Crippen LogP) is 3.88. The van der Waals surface area contributed by atoms with Crippen molar-refractivity contribution in [3.63, 3.8) is 0 Å². The molecule has 7 heteroatoms. The third kappa shape index (κ3) is 4.67. The molecule has 1 atom stereocenters. The summed E-state index contributed by atoms with van der Waals surface area (Å²) in [5, 5.41) is 9.57. The highest BCUT2D eigenvalue weighted by Gasteiger charge is 2.24. The van der Waals surface area contributed by atoms with E-state index in [4.69, 9.17) is 0 Å². The molecule has 0 radical (unpaired) electrons. The first kappa shape index (κ1) is 19.6. The van der Waals surface area contributed by atoms with Gasteiger partial charge in [0.05, 0.1) is 12.3 Å². The highest BCUT2D eigenvalue weighted by molar-refractivity contribution is 7.99. The van der Waals surface area contributed by atoms with Gasteiger partial charge in [-0.05, 0) is 43.9 Å². The molecule has 1 aliphatic rings. The molecule has 1 saturated heterocycles. The maximum Gasteiger partial charge on any atom is 0.233 e. The zero-order chi connectivity index (χ0) is 20.1. The van der Waals surface area contributed by atoms with Gasteiger partial charge in [0.15, 0.2) is 11.0 Å². The largest absolute Gasteiger partial charge is 0.339 e. The molecule has 3 heterocycles. The number of thioether (sulfide) groups is 1. The van der Waals surface area contributed by atoms with Crippen LogP contribution in [0, 0.1) is 0 Å². The second kappa shape index (κ2) is 9.22. The zero-order valence-electron chi connectivity index (χ0n) is 16.6. The Morgan fingerprint density at radius 2 is 2.00 bits per heavy atom. The SMILES string of the molecule is CC1CCCCN1C(=O)CSc1nnc(-c2cccnc2)n1Cc1ccccc1. The van der Waals surface area contributed by atoms with E-state index in [1.54, 1.807) is 12.4 Å². The van der Waals surface area contributed by atoms with Crippen molar-refractivity contribution in [2.45, 2.75) is 43.9 Å². The summed E-state index contributed by atoms with van der Waals surface area (Å²) >= 11 is 1.46. The molecule has 3 aromatic rings. The van der Waals surface area contributed by atoms with Gasteiger partial charge in [0.1, 0.15) is 0 Å². The van der Waals surface area contributed by atoms with Crippen LogP contribution in [0.2, 0.25) is 0 Å². The molecule has 1 amide bonds. The Labute approximate surface area is 175 Å². The molecule has 1 fully saturated rings. The molecule has 4 rings (SSSR count). The monoisotopic (exact) mass is 407 g/mol. The Balaban J connectivity index is 1.56. The van der Waals surface area contributed by atoms with Crippen molar-refractivity contribution in [1.29, 1.82) is 0 Å². The van der Waals surface area contributed by atoms with Crippen LogP contribution in [0.4, 0.5) is 0 Å². The van der Waals surface area contributed by atoms with Crippen LogP contribution in [-0.4, -0.2) is 48.9 Å². The van der Waals surface area contributed by atoms with Crippen LogP contribution in [-0.2, 0) is 11.3 Å². The van der Waals surface area contributed by atoms with Crippen molar-refractivity contribution < 1.29 is 4.79 Å². The first-order valence-corrected chi connectivity index (χ1v) is 11.0. The fraction of sp³-hybridized carbons (Fsp3) is 0.364. The summed E-state index contributed by atoms with van der Waals surface area (Å²) in [5.41, 5.74) is 2.08. The van der Waals surface area contributed by atoms with Gasteiger partial charge in [0.2, 0.25) is 5.91 Å². The Bertz CT molecular complexity index is 944. The van der Waals surface area contributed by atoms with E-state index in [1.807, 2.05) is 35.2 Å². The van der Waals surface area contributed by atoms with E-state index in [1.165, 1.54) is 18.2 Å². The maximum atomic E-state index is 12.8. The molecule has 0 bridgehead atoms. The number of likely N-dealkylation sites (tertiary alicyclic amines) is 1. The van der Waals surface area contributed by atoms with Crippen molar-refractivity contribution in [2.24, 2.45) is 0 Å². The van der Waals surface area contributed by atoms with Gasteiger partial charge in [-0.25, -0.2) is 0 Å². The van der Waals surface area contributed by atoms with E-state index >= 15 is 0 Å². The third-order valence-electron chi connectivity index (χ3n) is 5.27. The van der Waals surface area contributed by atoms with Gasteiger partial charge >= 0.3 is 0 Å². The van der Waals surface area contributed by atoms with Crippen LogP contribution in [0.3, 0.4) is 0 Å². The summed E-state index contributed by atoms with van der Waals surface area (Å²) in [7, 11) is 0. The zero-order valence-corrected chi connectivity index (χ0v) is 17.4. The fourth-order valence-corrected chi connectivity index (χ4v) is 4.51. The lowest BCUT2D eigenvalue weighted by Gasteiger charge is -2.33. The van der Waals surface area contributed by atoms with Crippen LogP contribution in [0.25, 0.3) is 11.4 Å². The number of hydrogen-bond donors (Lipinski definition) is 0. The summed E-state index contributed by atoms with van der Waals surface area (Å²) in [5.74, 6) is 1.33. The van der Waals surface area contributed by atoms with Gasteiger partial charge in [-0.3, -0.25) is 14.3 Å². The van der Waals surface area contributed by atoms with Crippen LogP contribution in [0.5, 0.6) is 0 Å². The molecule has 0 saturated carbocycles. The van der Waals surface area contributed by atoms with E-state index in [0.717, 1.165) is 41.5 Å². The molecule has 0 spiro atoms. The number of rotatable bonds is 6. The summed E-state index contributed by atoms with van der Waals surface area (Å²) < 4.78 is 2.07. The minimum Gasteiger partial charge on any atom is -0.339 e. The summed E-state index contributed by atoms with van der Waals surface area (Å²) in [4.78, 5) is 19.0. The van der Waals surface area contributed by atoms with Gasteiger partial charge in [-0.15, -0.1) is 10.2 Å². The van der Waals surface area contributed by atoms with Gasteiger partial charge in [0, 0.05) is 30.5 Å². The minimum atomic E-state index is 0.180. The summed E-state index contributed by atoms with van der Waals surface area (Å²) in [6, 6.07) is 14.4. The fourth-order valence-electron chi connectivity index (χ4n) is 3.69. The van der Waals surface area contributed by atoms with Crippen molar-refractivity contribution in [3.05, 3.63) is 60.4 Å². The van der Waals surface area contributed by atoms with Crippen LogP contribution < -0.4 is 0 Å². The highest BCUT2D eigenvalue weighted by atomic mass is 32.2. The number of carbonyl (C=O) groups is 1. The van der Waals surface area contributed by atoms with Gasteiger partial charge in [-0.2, -0.15) is 0 Å². The smallest absolute Gasteiger partial charge is 0.233 e.